The van der Waals surface area contributed by atoms with Gasteiger partial charge in [0.1, 0.15) is 0 Å². The summed E-state index contributed by atoms with van der Waals surface area (Å²) in [4.78, 5) is 30.7. The third-order valence-electron chi connectivity index (χ3n) is 9.10. The fourth-order valence-corrected chi connectivity index (χ4v) is 5.82. The van der Waals surface area contributed by atoms with Crippen molar-refractivity contribution in [3.63, 3.8) is 0 Å². The monoisotopic (exact) mass is 939 g/mol. The molecule has 0 rings (SSSR count). The smallest absolute Gasteiger partial charge is 0.382 e. The van der Waals surface area contributed by atoms with Crippen molar-refractivity contribution in [2.75, 3.05) is 0 Å². The van der Waals surface area contributed by atoms with E-state index in [1.54, 1.807) is 20.8 Å². The molecule has 0 aliphatic carbocycles. The zero-order valence-electron chi connectivity index (χ0n) is 41.2. The first-order valence-corrected chi connectivity index (χ1v) is 24.3. The molecule has 0 aliphatic rings. The molecule has 0 aromatic rings. The molecule has 0 fully saturated rings. The quantitative estimate of drug-likeness (QED) is 0.0300. The van der Waals surface area contributed by atoms with Gasteiger partial charge in [0.2, 0.25) is 0 Å². The molecule has 7 nitrogen and oxygen atoms in total. The Balaban J connectivity index is -0.0000000889. The van der Waals surface area contributed by atoms with E-state index in [2.05, 4.69) is 103 Å². The molecule has 0 aromatic heterocycles. The number of rotatable bonds is 32. The van der Waals surface area contributed by atoms with Gasteiger partial charge in [0, 0.05) is 53.7 Å². The van der Waals surface area contributed by atoms with E-state index in [-0.39, 0.29) is 35.0 Å². The van der Waals surface area contributed by atoms with Gasteiger partial charge >= 0.3 is 17.9 Å². The van der Waals surface area contributed by atoms with E-state index in [1.165, 1.54) is 167 Å². The number of aliphatic hydroxyl groups excluding tert-OH is 1. The number of aliphatic carboxylic acids is 3. The molecule has 0 atom stereocenters. The average molecular weight is 939 g/mol. The van der Waals surface area contributed by atoms with E-state index in [4.69, 9.17) is 20.4 Å². The Labute approximate surface area is 420 Å². The molecule has 0 saturated heterocycles. The van der Waals surface area contributed by atoms with E-state index < -0.39 is 17.9 Å². The third kappa shape index (κ3) is 91.0. The molecule has 0 bridgehead atoms. The Kier molecular flexibility index (Phi) is 70.9. The van der Waals surface area contributed by atoms with Gasteiger partial charge in [-0.3, -0.25) is 9.59 Å². The summed E-state index contributed by atoms with van der Waals surface area (Å²) in [5, 5.41) is 33.3. The first kappa shape index (κ1) is 69.6. The molecule has 0 radical (unpaired) electrons. The predicted molar refractivity (Wildman–Crippen MR) is 278 cm³/mol. The molecule has 0 amide bonds. The molecule has 8 heteroatoms. The maximum Gasteiger partial charge on any atom is 0.382 e. The van der Waals surface area contributed by atoms with Crippen molar-refractivity contribution in [2.45, 2.75) is 246 Å². The van der Waals surface area contributed by atoms with Crippen LogP contribution in [0.4, 0.5) is 0 Å². The van der Waals surface area contributed by atoms with Crippen molar-refractivity contribution < 1.29 is 63.7 Å². The van der Waals surface area contributed by atoms with Gasteiger partial charge in [-0.2, -0.15) is 0 Å². The van der Waals surface area contributed by atoms with E-state index in [9.17, 15) is 14.4 Å². The summed E-state index contributed by atoms with van der Waals surface area (Å²) in [6.45, 7) is 9.67. The van der Waals surface area contributed by atoms with Crippen molar-refractivity contribution in [1.29, 1.82) is 0 Å². The average Bonchev–Trinajstić information content (AvgIpc) is 3.25. The van der Waals surface area contributed by atoms with Gasteiger partial charge < -0.3 is 20.4 Å². The van der Waals surface area contributed by atoms with Crippen LogP contribution in [0.15, 0.2) is 0 Å². The largest absolute Gasteiger partial charge is 0.481 e. The van der Waals surface area contributed by atoms with Crippen LogP contribution < -0.4 is 0 Å². The van der Waals surface area contributed by atoms with Crippen molar-refractivity contribution in [3.05, 3.63) is 0 Å². The number of aliphatic hydroxyl groups is 1. The fourth-order valence-electron chi connectivity index (χ4n) is 5.82. The molecule has 0 aromatic carbocycles. The normalized spacial score (nSPS) is 8.60. The van der Waals surface area contributed by atoms with Crippen molar-refractivity contribution in [2.24, 2.45) is 0 Å². The van der Waals surface area contributed by atoms with E-state index >= 15 is 0 Å². The summed E-state index contributed by atoms with van der Waals surface area (Å²) >= 11 is 0. The van der Waals surface area contributed by atoms with Crippen LogP contribution in [0.1, 0.15) is 247 Å². The number of carboxylic acids is 3. The predicted octanol–water partition coefficient (Wildman–Crippen LogP) is 14.4. The summed E-state index contributed by atoms with van der Waals surface area (Å²) in [6.07, 6.45) is 40.2. The van der Waals surface area contributed by atoms with Crippen LogP contribution in [0.2, 0.25) is 0 Å². The zero-order chi connectivity index (χ0) is 48.3. The minimum Gasteiger partial charge on any atom is -0.481 e. The second-order valence-electron chi connectivity index (χ2n) is 15.7. The van der Waals surface area contributed by atoms with Gasteiger partial charge in [-0.25, -0.2) is 4.79 Å². The van der Waals surface area contributed by atoms with E-state index in [1.807, 2.05) is 5.92 Å². The van der Waals surface area contributed by atoms with Crippen LogP contribution >= 0.6 is 0 Å². The van der Waals surface area contributed by atoms with Gasteiger partial charge in [-0.05, 0) is 116 Å². The van der Waals surface area contributed by atoms with Crippen molar-refractivity contribution in [1.82, 2.24) is 0 Å². The number of hydrogen-bond acceptors (Lipinski definition) is 4. The summed E-state index contributed by atoms with van der Waals surface area (Å²) in [6, 6.07) is 0. The van der Waals surface area contributed by atoms with Gasteiger partial charge in [-0.1, -0.05) is 200 Å². The fraction of sp³-hybridized carbons (Fsp3) is 0.667. The molecule has 4 N–H and O–H groups in total. The van der Waals surface area contributed by atoms with Crippen molar-refractivity contribution >= 4 is 17.9 Å². The number of carbonyl (C=O) groups is 3. The molecule has 0 aliphatic heterocycles. The Morgan fingerprint density at radius 3 is 0.738 bits per heavy atom. The third-order valence-corrected chi connectivity index (χ3v) is 9.10. The Morgan fingerprint density at radius 2 is 0.554 bits per heavy atom. The molecule has 0 heterocycles. The Morgan fingerprint density at radius 1 is 0.369 bits per heavy atom. The van der Waals surface area contributed by atoms with Crippen LogP contribution in [0.5, 0.6) is 0 Å². The summed E-state index contributed by atoms with van der Waals surface area (Å²) < 4.78 is 0. The summed E-state index contributed by atoms with van der Waals surface area (Å²) in [7, 11) is 0. The van der Waals surface area contributed by atoms with Crippen LogP contribution in [0.3, 0.4) is 0 Å². The number of unbranched alkanes of at least 4 members (excludes halogenated alkanes) is 28. The topological polar surface area (TPSA) is 132 Å². The number of hydrogen-bond donors (Lipinski definition) is 4. The molecular weight excluding hydrogens is 844 g/mol. The minimum absolute atomic E-state index is 0. The second kappa shape index (κ2) is 66.2. The molecular formula is C57H94O7Ti. The molecule has 368 valence electrons. The maximum absolute atomic E-state index is 10.3. The Hall–Kier alpha value is -4.44. The molecule has 0 spiro atoms. The van der Waals surface area contributed by atoms with Crippen molar-refractivity contribution in [3.8, 4) is 94.7 Å². The van der Waals surface area contributed by atoms with Gasteiger partial charge in [0.25, 0.3) is 0 Å². The second-order valence-corrected chi connectivity index (χ2v) is 15.7. The van der Waals surface area contributed by atoms with Gasteiger partial charge in [0.05, 0.1) is 0 Å². The molecule has 65 heavy (non-hydrogen) atoms. The number of carboxylic acid groups (broad SMARTS) is 3. The van der Waals surface area contributed by atoms with Crippen LogP contribution in [0.25, 0.3) is 0 Å². The molecule has 0 saturated carbocycles. The Bertz CT molecular complexity index is 1630. The summed E-state index contributed by atoms with van der Waals surface area (Å²) in [5.74, 6) is 35.5. The van der Waals surface area contributed by atoms with Crippen LogP contribution in [-0.2, 0) is 36.1 Å². The SMILES string of the molecule is CC#CC#CC#CC#CC#CC#CC#CC#CC(=O)O.CC(C)O.CCCCCCCCCCCCCCCCCC(=O)O.CCCCCCCCCCCCCCCCCC(=O)O.[HH].[HH].[HH].[HH].[HH].[Ti]. The van der Waals surface area contributed by atoms with E-state index in [0.717, 1.165) is 25.7 Å². The first-order valence-electron chi connectivity index (χ1n) is 24.3. The molecule has 0 unspecified atom stereocenters. The zero-order valence-corrected chi connectivity index (χ0v) is 42.8. The first-order chi connectivity index (χ1) is 31.0. The van der Waals surface area contributed by atoms with E-state index in [0.29, 0.717) is 12.8 Å². The summed E-state index contributed by atoms with van der Waals surface area (Å²) in [5.41, 5.74) is 0. The van der Waals surface area contributed by atoms with Crippen LogP contribution in [-0.4, -0.2) is 44.4 Å². The van der Waals surface area contributed by atoms with Crippen LogP contribution in [0, 0.1) is 94.7 Å². The standard InChI is InChI=1S/2C18H36O2.C18H4O2.C3H8O.Ti.5H2/c3*1-2-3-4-5-6-7-8-9-10-11-12-13-14-15-16-17-18(19)20;1-3(2)4;;;;;;/h2*2-17H2,1H3,(H,19,20);1H3,(H,19,20);3-4H,1-2H3;;5*1H. The maximum atomic E-state index is 10.3. The minimum atomic E-state index is -1.24. The van der Waals surface area contributed by atoms with Gasteiger partial charge in [0.15, 0.2) is 0 Å². The van der Waals surface area contributed by atoms with Gasteiger partial charge in [-0.15, -0.1) is 0 Å².